The summed E-state index contributed by atoms with van der Waals surface area (Å²) in [6, 6.07) is 0. The molecule has 0 spiro atoms. The Morgan fingerprint density at radius 2 is 2.10 bits per heavy atom. The van der Waals surface area contributed by atoms with Crippen LogP contribution in [0, 0.1) is 0 Å². The predicted octanol–water partition coefficient (Wildman–Crippen LogP) is 1.61. The lowest BCUT2D eigenvalue weighted by molar-refractivity contribution is 0.498. The zero-order valence-electron chi connectivity index (χ0n) is 6.12. The van der Waals surface area contributed by atoms with Gasteiger partial charge in [-0.15, -0.1) is 0 Å². The van der Waals surface area contributed by atoms with E-state index in [4.69, 9.17) is 0 Å². The molecule has 0 radical (unpaired) electrons. The molecule has 0 unspecified atom stereocenters. The number of hydrogen-bond donors (Lipinski definition) is 0. The van der Waals surface area contributed by atoms with Gasteiger partial charge in [0.2, 0.25) is 0 Å². The zero-order chi connectivity index (χ0) is 7.98. The maximum absolute atomic E-state index is 3.68. The molecule has 0 bridgehead atoms. The van der Waals surface area contributed by atoms with Crippen LogP contribution in [-0.4, -0.2) is 18.4 Å². The van der Waals surface area contributed by atoms with E-state index in [0.29, 0.717) is 5.82 Å². The largest absolute Gasteiger partial charge is 0.245 e. The van der Waals surface area contributed by atoms with Gasteiger partial charge in [-0.2, -0.15) is 5.10 Å². The van der Waals surface area contributed by atoms with Gasteiger partial charge in [-0.05, 0) is 19.7 Å². The number of aliphatic imine (C=N–C) groups is 1. The van der Waals surface area contributed by atoms with Gasteiger partial charge in [-0.3, -0.25) is 0 Å². The minimum Gasteiger partial charge on any atom is -0.245 e. The van der Waals surface area contributed by atoms with Crippen molar-refractivity contribution in [3.05, 3.63) is 24.7 Å². The van der Waals surface area contributed by atoms with E-state index in [-0.39, 0.29) is 0 Å². The molecule has 0 aromatic heterocycles. The predicted molar refractivity (Wildman–Crippen MR) is 44.9 cm³/mol. The third kappa shape index (κ3) is 1.85. The van der Waals surface area contributed by atoms with Crippen molar-refractivity contribution in [3.63, 3.8) is 0 Å². The molecule has 0 atom stereocenters. The van der Waals surface area contributed by atoms with Gasteiger partial charge in [0.15, 0.2) is 0 Å². The van der Waals surface area contributed by atoms with Crippen LogP contribution in [0.25, 0.3) is 0 Å². The highest BCUT2D eigenvalue weighted by Crippen LogP contribution is 2.04. The van der Waals surface area contributed by atoms with Gasteiger partial charge in [0.25, 0.3) is 0 Å². The summed E-state index contributed by atoms with van der Waals surface area (Å²) in [6.07, 6.45) is 3.28. The summed E-state index contributed by atoms with van der Waals surface area (Å²) >= 11 is 0. The maximum atomic E-state index is 3.68. The smallest absolute Gasteiger partial charge is 0.148 e. The average molecular weight is 137 g/mol. The number of rotatable bonds is 4. The quantitative estimate of drug-likeness (QED) is 0.427. The van der Waals surface area contributed by atoms with Crippen LogP contribution < -0.4 is 0 Å². The van der Waals surface area contributed by atoms with E-state index in [9.17, 15) is 0 Å². The maximum Gasteiger partial charge on any atom is 0.148 e. The number of allylic oxidation sites excluding steroid dienone is 1. The van der Waals surface area contributed by atoms with Gasteiger partial charge in [-0.25, -0.2) is 10.0 Å². The minimum atomic E-state index is 0.630. The van der Waals surface area contributed by atoms with Crippen molar-refractivity contribution in [2.24, 2.45) is 10.1 Å². The van der Waals surface area contributed by atoms with Crippen molar-refractivity contribution >= 4 is 13.4 Å². The van der Waals surface area contributed by atoms with Crippen molar-refractivity contribution in [2.45, 2.75) is 6.92 Å². The molecule has 0 amide bonds. The lowest BCUT2D eigenvalue weighted by atomic mass is 10.6. The summed E-state index contributed by atoms with van der Waals surface area (Å²) < 4.78 is 0. The molecule has 0 N–H and O–H groups in total. The first-order valence-corrected chi connectivity index (χ1v) is 2.81. The van der Waals surface area contributed by atoms with Crippen molar-refractivity contribution in [3.8, 4) is 0 Å². The highest BCUT2D eigenvalue weighted by atomic mass is 15.5. The molecule has 0 saturated carbocycles. The van der Waals surface area contributed by atoms with Crippen molar-refractivity contribution in [1.82, 2.24) is 5.01 Å². The summed E-state index contributed by atoms with van der Waals surface area (Å²) in [4.78, 5) is 3.68. The summed E-state index contributed by atoms with van der Waals surface area (Å²) in [5.41, 5.74) is 0. The molecule has 54 valence electrons. The van der Waals surface area contributed by atoms with Gasteiger partial charge in [0, 0.05) is 12.9 Å². The first-order valence-electron chi connectivity index (χ1n) is 2.81. The number of nitrogens with zero attached hydrogens (tertiary/aromatic N) is 3. The van der Waals surface area contributed by atoms with Crippen molar-refractivity contribution in [2.75, 3.05) is 0 Å². The first kappa shape index (κ1) is 8.62. The van der Waals surface area contributed by atoms with Crippen LogP contribution in [0.2, 0.25) is 0 Å². The Morgan fingerprint density at radius 3 is 2.20 bits per heavy atom. The number of hydrazone groups is 1. The van der Waals surface area contributed by atoms with Crippen LogP contribution in [0.5, 0.6) is 0 Å². The zero-order valence-corrected chi connectivity index (χ0v) is 6.12. The minimum absolute atomic E-state index is 0.630. The molecule has 3 nitrogen and oxygen atoms in total. The van der Waals surface area contributed by atoms with Gasteiger partial charge < -0.3 is 0 Å². The third-order valence-electron chi connectivity index (χ3n) is 0.980. The standard InChI is InChI=1S/C7H11N3/c1-5-7(8-3)10(6-2)9-4/h5-6H,2-4H2,1H3/b7-5-. The molecule has 3 heteroatoms. The molecular formula is C7H11N3. The molecule has 0 rings (SSSR count). The van der Waals surface area contributed by atoms with Gasteiger partial charge in [-0.1, -0.05) is 6.58 Å². The van der Waals surface area contributed by atoms with E-state index >= 15 is 0 Å². The molecule has 0 aromatic rings. The summed E-state index contributed by atoms with van der Waals surface area (Å²) in [6.45, 7) is 12.0. The molecular weight excluding hydrogens is 126 g/mol. The van der Waals surface area contributed by atoms with Crippen LogP contribution in [0.1, 0.15) is 6.92 Å². The first-order chi connectivity index (χ1) is 4.79. The Morgan fingerprint density at radius 1 is 1.50 bits per heavy atom. The highest BCUT2D eigenvalue weighted by Gasteiger charge is 1.96. The van der Waals surface area contributed by atoms with E-state index in [1.807, 2.05) is 6.92 Å². The van der Waals surface area contributed by atoms with Crippen LogP contribution in [0.15, 0.2) is 34.8 Å². The van der Waals surface area contributed by atoms with Gasteiger partial charge >= 0.3 is 0 Å². The summed E-state index contributed by atoms with van der Waals surface area (Å²) in [7, 11) is 0. The topological polar surface area (TPSA) is 28.0 Å². The van der Waals surface area contributed by atoms with E-state index in [0.717, 1.165) is 0 Å². The van der Waals surface area contributed by atoms with Crippen LogP contribution in [0.4, 0.5) is 0 Å². The second kappa shape index (κ2) is 4.49. The highest BCUT2D eigenvalue weighted by molar-refractivity contribution is 5.30. The van der Waals surface area contributed by atoms with Crippen molar-refractivity contribution < 1.29 is 0 Å². The Bertz CT molecular complexity index is 162. The molecule has 0 aliphatic carbocycles. The van der Waals surface area contributed by atoms with E-state index in [2.05, 4.69) is 30.1 Å². The lowest BCUT2D eigenvalue weighted by Gasteiger charge is -2.10. The van der Waals surface area contributed by atoms with Gasteiger partial charge in [0.05, 0.1) is 0 Å². The normalized spacial score (nSPS) is 10.3. The van der Waals surface area contributed by atoms with Gasteiger partial charge in [0.1, 0.15) is 5.82 Å². The molecule has 0 aliphatic heterocycles. The SMILES string of the molecule is C=CN(N=C)/C(=C\C)N=C. The second-order valence-corrected chi connectivity index (χ2v) is 1.47. The van der Waals surface area contributed by atoms with E-state index in [1.165, 1.54) is 11.2 Å². The monoisotopic (exact) mass is 137 g/mol. The van der Waals surface area contributed by atoms with Crippen LogP contribution >= 0.6 is 0 Å². The van der Waals surface area contributed by atoms with Crippen molar-refractivity contribution in [1.29, 1.82) is 0 Å². The lowest BCUT2D eigenvalue weighted by Crippen LogP contribution is -2.05. The molecule has 0 saturated heterocycles. The Balaban J connectivity index is 4.38. The fourth-order valence-electron chi connectivity index (χ4n) is 0.520. The third-order valence-corrected chi connectivity index (χ3v) is 0.980. The Labute approximate surface area is 61.1 Å². The Hall–Kier alpha value is -1.38. The van der Waals surface area contributed by atoms with E-state index in [1.54, 1.807) is 6.08 Å². The second-order valence-electron chi connectivity index (χ2n) is 1.47. The summed E-state index contributed by atoms with van der Waals surface area (Å²) in [5.74, 6) is 0.630. The van der Waals surface area contributed by atoms with E-state index < -0.39 is 0 Å². The molecule has 0 aromatic carbocycles. The molecule has 0 aliphatic rings. The van der Waals surface area contributed by atoms with Crippen LogP contribution in [-0.2, 0) is 0 Å². The molecule has 10 heavy (non-hydrogen) atoms. The fourth-order valence-corrected chi connectivity index (χ4v) is 0.520. The summed E-state index contributed by atoms with van der Waals surface area (Å²) in [5, 5.41) is 5.05. The Kier molecular flexibility index (Phi) is 3.87. The fraction of sp³-hybridized carbons (Fsp3) is 0.143. The average Bonchev–Trinajstić information content (AvgIpc) is 2.00. The molecule has 0 fully saturated rings. The number of hydrogen-bond acceptors (Lipinski definition) is 3. The van der Waals surface area contributed by atoms with Crippen LogP contribution in [0.3, 0.4) is 0 Å². The molecule has 0 heterocycles.